The van der Waals surface area contributed by atoms with Gasteiger partial charge in [0.15, 0.2) is 9.84 Å². The minimum atomic E-state index is -3.87. The Labute approximate surface area is 178 Å². The average molecular weight is 449 g/mol. The lowest BCUT2D eigenvalue weighted by molar-refractivity contribution is -0.386. The van der Waals surface area contributed by atoms with E-state index in [9.17, 15) is 23.3 Å². The van der Waals surface area contributed by atoms with E-state index in [4.69, 9.17) is 4.74 Å². The Bertz CT molecular complexity index is 1240. The summed E-state index contributed by atoms with van der Waals surface area (Å²) in [6.07, 6.45) is 2.34. The third kappa shape index (κ3) is 5.02. The van der Waals surface area contributed by atoms with Gasteiger partial charge in [0, 0.05) is 23.6 Å². The van der Waals surface area contributed by atoms with Crippen molar-refractivity contribution >= 4 is 32.3 Å². The number of carbonyl (C=O) groups excluding carboxylic acids is 1. The number of nitrogens with one attached hydrogen (secondary N) is 2. The highest BCUT2D eigenvalue weighted by molar-refractivity contribution is 7.91. The molecule has 0 aliphatic heterocycles. The van der Waals surface area contributed by atoms with Crippen LogP contribution in [0.5, 0.6) is 5.75 Å². The largest absolute Gasteiger partial charge is 0.497 e. The summed E-state index contributed by atoms with van der Waals surface area (Å²) in [6, 6.07) is 5.62. The normalized spacial score (nSPS) is 11.6. The van der Waals surface area contributed by atoms with Gasteiger partial charge in [-0.25, -0.2) is 13.1 Å². The number of aryl methyl sites for hydroxylation is 1. The summed E-state index contributed by atoms with van der Waals surface area (Å²) in [7, 11) is -2.29. The van der Waals surface area contributed by atoms with Gasteiger partial charge in [0.1, 0.15) is 28.8 Å². The molecule has 0 spiro atoms. The van der Waals surface area contributed by atoms with Crippen molar-refractivity contribution in [3.8, 4) is 5.75 Å². The van der Waals surface area contributed by atoms with Gasteiger partial charge < -0.3 is 15.0 Å². The van der Waals surface area contributed by atoms with E-state index in [0.717, 1.165) is 21.1 Å². The first-order chi connectivity index (χ1) is 14.6. The van der Waals surface area contributed by atoms with Crippen molar-refractivity contribution in [3.63, 3.8) is 0 Å². The summed E-state index contributed by atoms with van der Waals surface area (Å²) in [4.78, 5) is 25.8. The van der Waals surface area contributed by atoms with Gasteiger partial charge in [0.2, 0.25) is 5.91 Å². The number of fused-ring (bicyclic) bond motifs is 1. The summed E-state index contributed by atoms with van der Waals surface area (Å²) in [5.74, 6) is -1.27. The van der Waals surface area contributed by atoms with Crippen LogP contribution in [-0.2, 0) is 26.9 Å². The molecule has 12 heteroatoms. The van der Waals surface area contributed by atoms with E-state index in [1.807, 2.05) is 24.4 Å². The first-order valence-corrected chi connectivity index (χ1v) is 11.2. The zero-order valence-electron chi connectivity index (χ0n) is 17.3. The van der Waals surface area contributed by atoms with E-state index in [1.165, 1.54) is 13.8 Å². The topological polar surface area (TPSA) is 149 Å². The van der Waals surface area contributed by atoms with Crippen LogP contribution in [0.2, 0.25) is 0 Å². The summed E-state index contributed by atoms with van der Waals surface area (Å²) in [5, 5.41) is 18.5. The van der Waals surface area contributed by atoms with Crippen molar-refractivity contribution in [2.24, 2.45) is 0 Å². The Kier molecular flexibility index (Phi) is 6.29. The molecule has 0 unspecified atom stereocenters. The van der Waals surface area contributed by atoms with Gasteiger partial charge in [-0.15, -0.1) is 0 Å². The molecule has 0 bridgehead atoms. The smallest absolute Gasteiger partial charge is 0.312 e. The summed E-state index contributed by atoms with van der Waals surface area (Å²) in [6.45, 7) is 3.11. The Balaban J connectivity index is 1.58. The monoisotopic (exact) mass is 449 g/mol. The number of carbonyl (C=O) groups is 1. The maximum atomic E-state index is 12.4. The Hall–Kier alpha value is -3.41. The fraction of sp³-hybridized carbons (Fsp3) is 0.368. The van der Waals surface area contributed by atoms with Crippen molar-refractivity contribution in [2.45, 2.75) is 26.1 Å². The number of hydrogen-bond acceptors (Lipinski definition) is 7. The molecule has 0 saturated carbocycles. The number of methoxy groups -OCH3 is 1. The first-order valence-electron chi connectivity index (χ1n) is 9.41. The van der Waals surface area contributed by atoms with Gasteiger partial charge in [0.05, 0.1) is 12.0 Å². The average Bonchev–Trinajstić information content (AvgIpc) is 3.20. The molecule has 0 radical (unpaired) electrons. The number of rotatable bonds is 9. The lowest BCUT2D eigenvalue weighted by Gasteiger charge is -2.08. The van der Waals surface area contributed by atoms with E-state index in [0.29, 0.717) is 12.2 Å². The third-order valence-electron chi connectivity index (χ3n) is 4.89. The van der Waals surface area contributed by atoms with Crippen LogP contribution in [0.1, 0.15) is 17.0 Å². The van der Waals surface area contributed by atoms with Gasteiger partial charge in [-0.05, 0) is 44.0 Å². The second-order valence-corrected chi connectivity index (χ2v) is 9.15. The number of amides is 1. The number of nitro groups is 1. The minimum Gasteiger partial charge on any atom is -0.497 e. The van der Waals surface area contributed by atoms with Crippen molar-refractivity contribution in [1.82, 2.24) is 20.1 Å². The molecule has 3 aromatic rings. The number of aromatic amines is 1. The van der Waals surface area contributed by atoms with E-state index in [1.54, 1.807) is 7.11 Å². The molecule has 0 saturated heterocycles. The Morgan fingerprint density at radius 1 is 1.35 bits per heavy atom. The van der Waals surface area contributed by atoms with Crippen LogP contribution in [0, 0.1) is 24.0 Å². The van der Waals surface area contributed by atoms with Crippen LogP contribution in [0.15, 0.2) is 24.4 Å². The number of aromatic nitrogens is 3. The molecule has 31 heavy (non-hydrogen) atoms. The number of nitrogens with zero attached hydrogens (tertiary/aromatic N) is 3. The van der Waals surface area contributed by atoms with Gasteiger partial charge in [-0.1, -0.05) is 0 Å². The number of ether oxygens (including phenoxy) is 1. The van der Waals surface area contributed by atoms with E-state index < -0.39 is 32.3 Å². The lowest BCUT2D eigenvalue weighted by Crippen LogP contribution is -2.33. The second-order valence-electron chi connectivity index (χ2n) is 7.12. The van der Waals surface area contributed by atoms with Crippen LogP contribution < -0.4 is 10.1 Å². The third-order valence-corrected chi connectivity index (χ3v) is 6.23. The molecule has 0 atom stereocenters. The molecule has 0 aliphatic rings. The highest BCUT2D eigenvalue weighted by Gasteiger charge is 2.25. The predicted molar refractivity (Wildman–Crippen MR) is 114 cm³/mol. The molecular formula is C19H23N5O6S. The molecule has 0 fully saturated rings. The SMILES string of the molecule is COc1ccc2[nH]cc(CCNC(=O)CS(=O)(=O)Cn3nc(C)c([N+](=O)[O-])c3C)c2c1. The number of H-pyrrole nitrogens is 1. The van der Waals surface area contributed by atoms with Crippen molar-refractivity contribution < 1.29 is 22.9 Å². The standard InChI is InChI=1S/C19H23N5O6S/c1-12-19(24(26)27)13(2)23(22-12)11-31(28,29)10-18(25)20-7-6-14-9-21-17-5-4-15(30-3)8-16(14)17/h4-5,8-9,21H,6-7,10-11H2,1-3H3,(H,20,25). The zero-order valence-corrected chi connectivity index (χ0v) is 18.2. The van der Waals surface area contributed by atoms with Gasteiger partial charge in [-0.3, -0.25) is 14.9 Å². The summed E-state index contributed by atoms with van der Waals surface area (Å²) >= 11 is 0. The van der Waals surface area contributed by atoms with E-state index >= 15 is 0 Å². The van der Waals surface area contributed by atoms with Crippen molar-refractivity contribution in [2.75, 3.05) is 19.4 Å². The molecule has 2 heterocycles. The lowest BCUT2D eigenvalue weighted by atomic mass is 10.1. The van der Waals surface area contributed by atoms with E-state index in [2.05, 4.69) is 15.4 Å². The highest BCUT2D eigenvalue weighted by atomic mass is 32.2. The molecule has 3 rings (SSSR count). The van der Waals surface area contributed by atoms with Gasteiger partial charge in [-0.2, -0.15) is 5.10 Å². The second kappa shape index (κ2) is 8.76. The molecule has 2 aromatic heterocycles. The number of benzene rings is 1. The maximum absolute atomic E-state index is 12.4. The quantitative estimate of drug-likeness (QED) is 0.372. The fourth-order valence-corrected chi connectivity index (χ4v) is 4.60. The summed E-state index contributed by atoms with van der Waals surface area (Å²) in [5.41, 5.74) is 1.92. The molecular weight excluding hydrogens is 426 g/mol. The predicted octanol–water partition coefficient (Wildman–Crippen LogP) is 1.63. The molecule has 0 aliphatic carbocycles. The Morgan fingerprint density at radius 3 is 2.74 bits per heavy atom. The first kappa shape index (κ1) is 22.3. The molecule has 11 nitrogen and oxygen atoms in total. The van der Waals surface area contributed by atoms with Gasteiger partial charge in [0.25, 0.3) is 0 Å². The van der Waals surface area contributed by atoms with Crippen molar-refractivity contribution in [3.05, 3.63) is 51.5 Å². The Morgan fingerprint density at radius 2 is 2.10 bits per heavy atom. The van der Waals surface area contributed by atoms with Crippen LogP contribution in [0.25, 0.3) is 10.9 Å². The zero-order chi connectivity index (χ0) is 22.8. The number of hydrogen-bond donors (Lipinski definition) is 2. The molecule has 1 amide bonds. The van der Waals surface area contributed by atoms with Crippen LogP contribution in [0.4, 0.5) is 5.69 Å². The van der Waals surface area contributed by atoms with Crippen LogP contribution >= 0.6 is 0 Å². The highest BCUT2D eigenvalue weighted by Crippen LogP contribution is 2.24. The molecule has 1 aromatic carbocycles. The fourth-order valence-electron chi connectivity index (χ4n) is 3.39. The van der Waals surface area contributed by atoms with E-state index in [-0.39, 0.29) is 23.6 Å². The van der Waals surface area contributed by atoms with Gasteiger partial charge >= 0.3 is 5.69 Å². The minimum absolute atomic E-state index is 0.123. The maximum Gasteiger partial charge on any atom is 0.312 e. The van der Waals surface area contributed by atoms with Crippen molar-refractivity contribution in [1.29, 1.82) is 0 Å². The molecule has 166 valence electrons. The summed E-state index contributed by atoms with van der Waals surface area (Å²) < 4.78 is 31.0. The molecule has 2 N–H and O–H groups in total. The van der Waals surface area contributed by atoms with Crippen LogP contribution in [-0.4, -0.2) is 53.4 Å². The number of sulfone groups is 1. The van der Waals surface area contributed by atoms with Crippen LogP contribution in [0.3, 0.4) is 0 Å².